The lowest BCUT2D eigenvalue weighted by Crippen LogP contribution is -2.19. The first-order valence-corrected chi connectivity index (χ1v) is 8.38. The molecular weight excluding hydrogens is 333 g/mol. The summed E-state index contributed by atoms with van der Waals surface area (Å²) < 4.78 is 1.34. The molecule has 0 amide bonds. The van der Waals surface area contributed by atoms with Gasteiger partial charge in [0.15, 0.2) is 0 Å². The molecule has 100 valence electrons. The molecule has 0 aliphatic heterocycles. The molecule has 0 spiro atoms. The molecule has 1 aliphatic carbocycles. The third-order valence-corrected chi connectivity index (χ3v) is 4.96. The summed E-state index contributed by atoms with van der Waals surface area (Å²) in [7, 11) is 0. The zero-order valence-electron chi connectivity index (χ0n) is 11.3. The van der Waals surface area contributed by atoms with Crippen LogP contribution in [0.15, 0.2) is 24.3 Å². The summed E-state index contributed by atoms with van der Waals surface area (Å²) in [5.74, 6) is 0.983. The van der Waals surface area contributed by atoms with E-state index in [4.69, 9.17) is 0 Å². The highest BCUT2D eigenvalue weighted by molar-refractivity contribution is 14.1. The quantitative estimate of drug-likeness (QED) is 0.558. The number of anilines is 1. The molecule has 2 rings (SSSR count). The summed E-state index contributed by atoms with van der Waals surface area (Å²) in [4.78, 5) is 0. The highest BCUT2D eigenvalue weighted by atomic mass is 127. The summed E-state index contributed by atoms with van der Waals surface area (Å²) in [6.45, 7) is 2.31. The van der Waals surface area contributed by atoms with Crippen LogP contribution in [0.25, 0.3) is 0 Å². The van der Waals surface area contributed by atoms with Gasteiger partial charge in [0.05, 0.1) is 0 Å². The minimum absolute atomic E-state index is 0.683. The lowest BCUT2D eigenvalue weighted by atomic mass is 9.95. The van der Waals surface area contributed by atoms with E-state index >= 15 is 0 Å². The van der Waals surface area contributed by atoms with Crippen molar-refractivity contribution in [2.24, 2.45) is 5.92 Å². The van der Waals surface area contributed by atoms with E-state index in [1.807, 2.05) is 0 Å². The van der Waals surface area contributed by atoms with Gasteiger partial charge in [-0.2, -0.15) is 0 Å². The minimum atomic E-state index is 0.683. The van der Waals surface area contributed by atoms with Crippen molar-refractivity contribution in [2.75, 3.05) is 5.32 Å². The fourth-order valence-electron chi connectivity index (χ4n) is 3.02. The van der Waals surface area contributed by atoms with Crippen LogP contribution in [0.4, 0.5) is 5.69 Å². The maximum atomic E-state index is 3.74. The summed E-state index contributed by atoms with van der Waals surface area (Å²) in [5, 5.41) is 3.74. The summed E-state index contributed by atoms with van der Waals surface area (Å²) in [6, 6.07) is 9.30. The maximum Gasteiger partial charge on any atom is 0.0478 e. The first-order valence-electron chi connectivity index (χ1n) is 7.30. The molecule has 0 aromatic heterocycles. The largest absolute Gasteiger partial charge is 0.381 e. The van der Waals surface area contributed by atoms with E-state index in [1.165, 1.54) is 54.2 Å². The van der Waals surface area contributed by atoms with Gasteiger partial charge in [-0.1, -0.05) is 44.7 Å². The van der Waals surface area contributed by atoms with Crippen molar-refractivity contribution in [3.05, 3.63) is 27.8 Å². The van der Waals surface area contributed by atoms with Gasteiger partial charge in [0.1, 0.15) is 0 Å². The zero-order chi connectivity index (χ0) is 12.8. The number of para-hydroxylation sites is 1. The van der Waals surface area contributed by atoms with Gasteiger partial charge >= 0.3 is 0 Å². The van der Waals surface area contributed by atoms with E-state index in [2.05, 4.69) is 59.1 Å². The molecule has 2 atom stereocenters. The average molecular weight is 357 g/mol. The van der Waals surface area contributed by atoms with E-state index in [-0.39, 0.29) is 0 Å². The van der Waals surface area contributed by atoms with Crippen LogP contribution in [0, 0.1) is 9.49 Å². The molecule has 1 saturated carbocycles. The Morgan fingerprint density at radius 3 is 2.78 bits per heavy atom. The molecular formula is C16H24IN. The Morgan fingerprint density at radius 1 is 1.17 bits per heavy atom. The van der Waals surface area contributed by atoms with Crippen LogP contribution in [-0.2, 0) is 0 Å². The Hall–Kier alpha value is -0.250. The van der Waals surface area contributed by atoms with Crippen molar-refractivity contribution >= 4 is 28.3 Å². The van der Waals surface area contributed by atoms with Gasteiger partial charge in [0, 0.05) is 15.3 Å². The predicted molar refractivity (Wildman–Crippen MR) is 88.1 cm³/mol. The van der Waals surface area contributed by atoms with E-state index in [1.54, 1.807) is 0 Å². The van der Waals surface area contributed by atoms with Crippen LogP contribution in [0.5, 0.6) is 0 Å². The highest BCUT2D eigenvalue weighted by Crippen LogP contribution is 2.29. The molecule has 0 heterocycles. The summed E-state index contributed by atoms with van der Waals surface area (Å²) in [5.41, 5.74) is 1.32. The Kier molecular flexibility index (Phi) is 5.80. The molecule has 2 unspecified atom stereocenters. The number of hydrogen-bond donors (Lipinski definition) is 1. The Labute approximate surface area is 125 Å². The minimum Gasteiger partial charge on any atom is -0.381 e. The molecule has 18 heavy (non-hydrogen) atoms. The maximum absolute atomic E-state index is 3.74. The van der Waals surface area contributed by atoms with Crippen LogP contribution < -0.4 is 5.32 Å². The number of benzene rings is 1. The number of rotatable bonds is 4. The third-order valence-electron chi connectivity index (χ3n) is 4.02. The lowest BCUT2D eigenvalue weighted by Gasteiger charge is -2.19. The van der Waals surface area contributed by atoms with E-state index < -0.39 is 0 Å². The molecule has 0 bridgehead atoms. The van der Waals surface area contributed by atoms with E-state index in [9.17, 15) is 0 Å². The van der Waals surface area contributed by atoms with Crippen LogP contribution in [0.1, 0.15) is 51.9 Å². The molecule has 0 radical (unpaired) electrons. The van der Waals surface area contributed by atoms with Crippen LogP contribution in [0.2, 0.25) is 0 Å². The van der Waals surface area contributed by atoms with Gasteiger partial charge in [0.25, 0.3) is 0 Å². The molecule has 1 aromatic carbocycles. The fraction of sp³-hybridized carbons (Fsp3) is 0.625. The van der Waals surface area contributed by atoms with Crippen molar-refractivity contribution in [1.29, 1.82) is 0 Å². The van der Waals surface area contributed by atoms with Gasteiger partial charge in [-0.15, -0.1) is 0 Å². The first-order chi connectivity index (χ1) is 8.79. The molecule has 1 aliphatic rings. The molecule has 1 N–H and O–H groups in total. The van der Waals surface area contributed by atoms with E-state index in [0.717, 1.165) is 5.92 Å². The third kappa shape index (κ3) is 4.15. The normalized spacial score (nSPS) is 24.6. The predicted octanol–water partition coefficient (Wildman–Crippen LogP) is 5.45. The van der Waals surface area contributed by atoms with Gasteiger partial charge in [-0.3, -0.25) is 0 Å². The Bertz CT molecular complexity index is 364. The first kappa shape index (κ1) is 14.2. The smallest absolute Gasteiger partial charge is 0.0478 e. The van der Waals surface area contributed by atoms with E-state index in [0.29, 0.717) is 6.04 Å². The summed E-state index contributed by atoms with van der Waals surface area (Å²) in [6.07, 6.45) is 9.70. The van der Waals surface area contributed by atoms with Gasteiger partial charge in [-0.05, 0) is 59.9 Å². The fourth-order valence-corrected chi connectivity index (χ4v) is 3.56. The molecule has 2 heteroatoms. The van der Waals surface area contributed by atoms with Crippen LogP contribution in [0.3, 0.4) is 0 Å². The van der Waals surface area contributed by atoms with Crippen molar-refractivity contribution in [2.45, 2.75) is 57.9 Å². The monoisotopic (exact) mass is 357 g/mol. The van der Waals surface area contributed by atoms with Gasteiger partial charge in [-0.25, -0.2) is 0 Å². The zero-order valence-corrected chi connectivity index (χ0v) is 13.4. The second-order valence-corrected chi connectivity index (χ2v) is 6.65. The summed E-state index contributed by atoms with van der Waals surface area (Å²) >= 11 is 2.42. The number of hydrogen-bond acceptors (Lipinski definition) is 1. The van der Waals surface area contributed by atoms with Crippen molar-refractivity contribution in [3.8, 4) is 0 Å². The van der Waals surface area contributed by atoms with Crippen molar-refractivity contribution in [3.63, 3.8) is 0 Å². The lowest BCUT2D eigenvalue weighted by molar-refractivity contribution is 0.422. The SMILES string of the molecule is CCCC1CCCC(Nc2ccccc2I)CC1. The highest BCUT2D eigenvalue weighted by Gasteiger charge is 2.18. The second-order valence-electron chi connectivity index (χ2n) is 5.48. The van der Waals surface area contributed by atoms with Crippen molar-refractivity contribution in [1.82, 2.24) is 0 Å². The van der Waals surface area contributed by atoms with Crippen LogP contribution in [-0.4, -0.2) is 6.04 Å². The molecule has 1 fully saturated rings. The average Bonchev–Trinajstić information content (AvgIpc) is 2.59. The molecule has 1 nitrogen and oxygen atoms in total. The molecule has 1 aromatic rings. The second kappa shape index (κ2) is 7.37. The number of nitrogens with one attached hydrogen (secondary N) is 1. The van der Waals surface area contributed by atoms with Crippen LogP contribution >= 0.6 is 22.6 Å². The number of halogens is 1. The topological polar surface area (TPSA) is 12.0 Å². The standard InChI is InChI=1S/C16H24IN/c1-2-6-13-7-5-8-14(12-11-13)18-16-10-4-3-9-15(16)17/h3-4,9-10,13-14,18H,2,5-8,11-12H2,1H3. The van der Waals surface area contributed by atoms with Crippen molar-refractivity contribution < 1.29 is 0 Å². The van der Waals surface area contributed by atoms with Gasteiger partial charge < -0.3 is 5.32 Å². The Morgan fingerprint density at radius 2 is 2.00 bits per heavy atom. The van der Waals surface area contributed by atoms with Gasteiger partial charge in [0.2, 0.25) is 0 Å². The Balaban J connectivity index is 1.89. The molecule has 0 saturated heterocycles.